The minimum absolute atomic E-state index is 0.0999. The van der Waals surface area contributed by atoms with E-state index in [1.165, 1.54) is 0 Å². The minimum Gasteiger partial charge on any atom is -0.368 e. The molecule has 1 amide bonds. The lowest BCUT2D eigenvalue weighted by atomic mass is 10.1. The third-order valence-electron chi connectivity index (χ3n) is 4.17. The number of aromatic nitrogens is 2. The first-order chi connectivity index (χ1) is 14.3. The Bertz CT molecular complexity index is 1160. The van der Waals surface area contributed by atoms with E-state index >= 15 is 0 Å². The second-order valence-corrected chi connectivity index (χ2v) is 7.54. The van der Waals surface area contributed by atoms with Gasteiger partial charge in [-0.25, -0.2) is 4.68 Å². The molecule has 10 heteroatoms. The molecule has 0 bridgehead atoms. The molecule has 3 N–H and O–H groups in total. The zero-order valence-electron chi connectivity index (χ0n) is 15.6. The van der Waals surface area contributed by atoms with Gasteiger partial charge in [-0.2, -0.15) is 15.4 Å². The molecular formula is C20H15Cl3N6O. The second kappa shape index (κ2) is 9.18. The molecule has 3 aromatic rings. The third-order valence-corrected chi connectivity index (χ3v) is 4.96. The zero-order valence-corrected chi connectivity index (χ0v) is 17.9. The molecule has 0 unspecified atom stereocenters. The molecule has 0 fully saturated rings. The Morgan fingerprint density at radius 2 is 1.83 bits per heavy atom. The molecule has 2 aromatic carbocycles. The second-order valence-electron chi connectivity index (χ2n) is 6.26. The molecule has 1 atom stereocenters. The summed E-state index contributed by atoms with van der Waals surface area (Å²) in [5.74, 6) is -0.499. The van der Waals surface area contributed by atoms with Crippen molar-refractivity contribution in [3.63, 3.8) is 0 Å². The predicted octanol–water partition coefficient (Wildman–Crippen LogP) is 4.19. The molecule has 1 aromatic heterocycles. The van der Waals surface area contributed by atoms with Crippen molar-refractivity contribution in [1.29, 1.82) is 5.26 Å². The molecule has 0 spiro atoms. The molecule has 0 aliphatic carbocycles. The van der Waals surface area contributed by atoms with E-state index in [0.29, 0.717) is 32.1 Å². The van der Waals surface area contributed by atoms with Gasteiger partial charge >= 0.3 is 0 Å². The highest BCUT2D eigenvalue weighted by molar-refractivity contribution is 6.35. The molecular weight excluding hydrogens is 447 g/mol. The summed E-state index contributed by atoms with van der Waals surface area (Å²) in [6, 6.07) is 13.1. The number of primary amides is 1. The molecule has 30 heavy (non-hydrogen) atoms. The van der Waals surface area contributed by atoms with Crippen LogP contribution in [0, 0.1) is 11.5 Å². The molecule has 0 saturated carbocycles. The number of rotatable bonds is 5. The number of nitrogens with one attached hydrogen (secondary N) is 1. The summed E-state index contributed by atoms with van der Waals surface area (Å²) >= 11 is 18.4. The minimum atomic E-state index is -0.764. The number of amides is 1. The largest absolute Gasteiger partial charge is 0.368 e. The summed E-state index contributed by atoms with van der Waals surface area (Å²) in [5, 5.41) is 17.9. The van der Waals surface area contributed by atoms with Gasteiger partial charge in [0.05, 0.1) is 16.4 Å². The first kappa shape index (κ1) is 21.7. The number of aliphatic imine (C=N–C) groups is 1. The van der Waals surface area contributed by atoms with Crippen LogP contribution in [0.25, 0.3) is 16.9 Å². The highest BCUT2D eigenvalue weighted by Crippen LogP contribution is 2.30. The van der Waals surface area contributed by atoms with Gasteiger partial charge in [0.25, 0.3) is 0 Å². The number of benzene rings is 2. The Balaban J connectivity index is 2.19. The smallest absolute Gasteiger partial charge is 0.239 e. The van der Waals surface area contributed by atoms with Crippen LogP contribution in [0.15, 0.2) is 53.5 Å². The van der Waals surface area contributed by atoms with Gasteiger partial charge in [-0.3, -0.25) is 4.79 Å². The van der Waals surface area contributed by atoms with Crippen molar-refractivity contribution in [3.8, 4) is 23.1 Å². The van der Waals surface area contributed by atoms with Gasteiger partial charge in [0, 0.05) is 15.6 Å². The van der Waals surface area contributed by atoms with E-state index in [9.17, 15) is 4.79 Å². The molecule has 152 valence electrons. The Labute approximate surface area is 187 Å². The highest BCUT2D eigenvalue weighted by atomic mass is 35.5. The average molecular weight is 462 g/mol. The number of hydrogen-bond donors (Lipinski definition) is 2. The molecule has 0 saturated heterocycles. The van der Waals surface area contributed by atoms with Crippen LogP contribution in [0.1, 0.15) is 12.6 Å². The summed E-state index contributed by atoms with van der Waals surface area (Å²) in [7, 11) is 0. The van der Waals surface area contributed by atoms with Gasteiger partial charge in [-0.1, -0.05) is 46.9 Å². The predicted molar refractivity (Wildman–Crippen MR) is 118 cm³/mol. The normalized spacial score (nSPS) is 12.3. The maximum absolute atomic E-state index is 11.4. The van der Waals surface area contributed by atoms with Crippen molar-refractivity contribution in [3.05, 3.63) is 69.3 Å². The lowest BCUT2D eigenvalue weighted by Gasteiger charge is -2.11. The van der Waals surface area contributed by atoms with Gasteiger partial charge in [0.1, 0.15) is 11.7 Å². The fourth-order valence-corrected chi connectivity index (χ4v) is 3.26. The van der Waals surface area contributed by atoms with Crippen molar-refractivity contribution in [2.45, 2.75) is 13.0 Å². The first-order valence-electron chi connectivity index (χ1n) is 8.64. The van der Waals surface area contributed by atoms with E-state index < -0.39 is 11.9 Å². The fourth-order valence-electron chi connectivity index (χ4n) is 2.65. The van der Waals surface area contributed by atoms with E-state index in [2.05, 4.69) is 15.4 Å². The van der Waals surface area contributed by atoms with Gasteiger partial charge in [0.2, 0.25) is 12.1 Å². The number of hydrogen-bond acceptors (Lipinski definition) is 4. The van der Waals surface area contributed by atoms with Gasteiger partial charge in [-0.05, 0) is 43.3 Å². The summed E-state index contributed by atoms with van der Waals surface area (Å²) in [6.45, 7) is 1.56. The number of carbonyl (C=O) groups is 1. The van der Waals surface area contributed by atoms with Crippen molar-refractivity contribution >= 4 is 46.5 Å². The number of carbonyl (C=O) groups excluding carboxylic acids is 1. The van der Waals surface area contributed by atoms with Gasteiger partial charge in [0.15, 0.2) is 5.84 Å². The zero-order chi connectivity index (χ0) is 21.8. The van der Waals surface area contributed by atoms with Crippen LogP contribution in [0.5, 0.6) is 0 Å². The van der Waals surface area contributed by atoms with Crippen LogP contribution in [0.3, 0.4) is 0 Å². The van der Waals surface area contributed by atoms with Crippen LogP contribution in [-0.2, 0) is 4.79 Å². The molecule has 0 aliphatic rings. The van der Waals surface area contributed by atoms with Gasteiger partial charge in [-0.15, -0.1) is 0 Å². The molecule has 7 nitrogen and oxygen atoms in total. The summed E-state index contributed by atoms with van der Waals surface area (Å²) in [5.41, 5.74) is 7.66. The average Bonchev–Trinajstić information content (AvgIpc) is 3.13. The van der Waals surface area contributed by atoms with E-state index in [0.717, 1.165) is 5.56 Å². The van der Waals surface area contributed by atoms with Crippen molar-refractivity contribution in [1.82, 2.24) is 15.1 Å². The standard InChI is InChI=1S/C20H15Cl3N6O/c1-11(19(25)30)27-20(26-10-24)16-9-18(12-2-4-13(21)5-3-12)29(28-16)17-7-6-14(22)8-15(17)23/h2-9,11H,1H3,(H2,25,30)(H,26,27)/t11-/m0/s1. The van der Waals surface area contributed by atoms with Crippen LogP contribution in [0.4, 0.5) is 0 Å². The first-order valence-corrected chi connectivity index (χ1v) is 9.78. The Morgan fingerprint density at radius 3 is 2.43 bits per heavy atom. The number of nitrogens with two attached hydrogens (primary N) is 1. The van der Waals surface area contributed by atoms with E-state index in [1.807, 2.05) is 12.1 Å². The van der Waals surface area contributed by atoms with E-state index in [1.54, 1.807) is 54.2 Å². The highest BCUT2D eigenvalue weighted by Gasteiger charge is 2.20. The maximum Gasteiger partial charge on any atom is 0.239 e. The SMILES string of the molecule is C[C@H](NC(=NC#N)c1cc(-c2ccc(Cl)cc2)n(-c2ccc(Cl)cc2Cl)n1)C(N)=O. The Hall–Kier alpha value is -3.05. The third kappa shape index (κ3) is 4.74. The Kier molecular flexibility index (Phi) is 6.63. The lowest BCUT2D eigenvalue weighted by molar-refractivity contribution is -0.119. The monoisotopic (exact) mass is 460 g/mol. The molecule has 0 radical (unpaired) electrons. The molecule has 0 aliphatic heterocycles. The number of nitriles is 1. The number of amidine groups is 1. The number of nitrogens with zero attached hydrogens (tertiary/aromatic N) is 4. The topological polar surface area (TPSA) is 109 Å². The van der Waals surface area contributed by atoms with Crippen molar-refractivity contribution in [2.75, 3.05) is 0 Å². The van der Waals surface area contributed by atoms with Crippen LogP contribution in [-0.4, -0.2) is 27.6 Å². The van der Waals surface area contributed by atoms with Crippen molar-refractivity contribution in [2.24, 2.45) is 10.7 Å². The van der Waals surface area contributed by atoms with E-state index in [4.69, 9.17) is 45.8 Å². The van der Waals surface area contributed by atoms with E-state index in [-0.39, 0.29) is 5.84 Å². The lowest BCUT2D eigenvalue weighted by Crippen LogP contribution is -2.42. The molecule has 1 heterocycles. The van der Waals surface area contributed by atoms with Crippen molar-refractivity contribution < 1.29 is 4.79 Å². The summed E-state index contributed by atoms with van der Waals surface area (Å²) in [6.07, 6.45) is 1.71. The van der Waals surface area contributed by atoms with Gasteiger partial charge < -0.3 is 11.1 Å². The quantitative estimate of drug-likeness (QED) is 0.337. The molecule has 3 rings (SSSR count). The van der Waals surface area contributed by atoms with Crippen LogP contribution in [0.2, 0.25) is 15.1 Å². The summed E-state index contributed by atoms with van der Waals surface area (Å²) in [4.78, 5) is 15.2. The number of halogens is 3. The maximum atomic E-state index is 11.4. The Morgan fingerprint density at radius 1 is 1.17 bits per heavy atom. The van der Waals surface area contributed by atoms with Crippen LogP contribution >= 0.6 is 34.8 Å². The van der Waals surface area contributed by atoms with Crippen LogP contribution < -0.4 is 11.1 Å². The summed E-state index contributed by atoms with van der Waals surface area (Å²) < 4.78 is 1.60. The fraction of sp³-hybridized carbons (Fsp3) is 0.100.